The molecular weight excluding hydrogens is 508 g/mol. The van der Waals surface area contributed by atoms with E-state index < -0.39 is 26.6 Å². The lowest BCUT2D eigenvalue weighted by Gasteiger charge is -2.10. The number of ether oxygens (including phenoxy) is 1. The van der Waals surface area contributed by atoms with Crippen LogP contribution in [0, 0.1) is 10.1 Å². The minimum atomic E-state index is -3.50. The third kappa shape index (κ3) is 5.55. The molecule has 0 spiro atoms. The predicted octanol–water partition coefficient (Wildman–Crippen LogP) is 4.16. The van der Waals surface area contributed by atoms with Gasteiger partial charge < -0.3 is 4.74 Å². The van der Waals surface area contributed by atoms with Crippen LogP contribution in [0.4, 0.5) is 5.69 Å². The molecule has 0 saturated heterocycles. The number of carbonyl (C=O) groups excluding carboxylic acids is 2. The van der Waals surface area contributed by atoms with E-state index in [2.05, 4.69) is 5.32 Å². The van der Waals surface area contributed by atoms with Crippen LogP contribution in [0.25, 0.3) is 0 Å². The van der Waals surface area contributed by atoms with E-state index in [-0.39, 0.29) is 41.5 Å². The fourth-order valence-corrected chi connectivity index (χ4v) is 5.42. The molecule has 0 aromatic heterocycles. The molecule has 4 rings (SSSR count). The molecule has 2 amide bonds. The predicted molar refractivity (Wildman–Crippen MR) is 132 cm³/mol. The van der Waals surface area contributed by atoms with Crippen LogP contribution in [-0.4, -0.2) is 37.5 Å². The maximum Gasteiger partial charge on any atom is 0.311 e. The molecule has 3 aromatic carbocycles. The highest BCUT2D eigenvalue weighted by Crippen LogP contribution is 2.29. The van der Waals surface area contributed by atoms with Crippen molar-refractivity contribution in [3.63, 3.8) is 0 Å². The highest BCUT2D eigenvalue weighted by atomic mass is 35.5. The largest absolute Gasteiger partial charge is 0.486 e. The second kappa shape index (κ2) is 10.5. The normalized spacial score (nSPS) is 12.8. The number of aryl methyl sites for hydroxylation is 1. The topological polar surface area (TPSA) is 133 Å². The van der Waals surface area contributed by atoms with E-state index in [1.54, 1.807) is 24.3 Å². The van der Waals surface area contributed by atoms with Crippen LogP contribution in [0.2, 0.25) is 5.02 Å². The second-order valence-electron chi connectivity index (χ2n) is 8.16. The fourth-order valence-electron chi connectivity index (χ4n) is 3.98. The Morgan fingerprint density at radius 3 is 2.44 bits per heavy atom. The third-order valence-electron chi connectivity index (χ3n) is 5.75. The van der Waals surface area contributed by atoms with Gasteiger partial charge in [0.05, 0.1) is 33.3 Å². The van der Waals surface area contributed by atoms with Crippen molar-refractivity contribution in [1.82, 2.24) is 5.32 Å². The molecular formula is C25H21ClN2O7S. The second-order valence-corrected chi connectivity index (χ2v) is 10.7. The summed E-state index contributed by atoms with van der Waals surface area (Å²) < 4.78 is 30.6. The first-order valence-corrected chi connectivity index (χ1v) is 13.0. The molecule has 186 valence electrons. The number of nitrogens with zero attached hydrogens (tertiary/aromatic N) is 1. The highest BCUT2D eigenvalue weighted by molar-refractivity contribution is 7.91. The van der Waals surface area contributed by atoms with Crippen molar-refractivity contribution in [2.45, 2.75) is 24.2 Å². The zero-order valence-electron chi connectivity index (χ0n) is 18.9. The van der Waals surface area contributed by atoms with Gasteiger partial charge in [0.1, 0.15) is 0 Å². The SMILES string of the molecule is O=C1NC(=O)c2c(CCOc3ccc(CCCS(=O)(=O)c4ccc(Cl)cc4)cc3[N+](=O)[O-])cccc21. The molecule has 0 atom stereocenters. The summed E-state index contributed by atoms with van der Waals surface area (Å²) in [6, 6.07) is 15.3. The molecule has 0 aliphatic carbocycles. The van der Waals surface area contributed by atoms with Gasteiger partial charge in [0.25, 0.3) is 11.8 Å². The number of nitro groups is 1. The van der Waals surface area contributed by atoms with Gasteiger partial charge in [-0.15, -0.1) is 0 Å². The molecule has 0 bridgehead atoms. The summed E-state index contributed by atoms with van der Waals surface area (Å²) >= 11 is 5.81. The lowest BCUT2D eigenvalue weighted by atomic mass is 10.0. The number of nitrogens with one attached hydrogen (secondary N) is 1. The van der Waals surface area contributed by atoms with Crippen molar-refractivity contribution in [3.8, 4) is 5.75 Å². The zero-order valence-corrected chi connectivity index (χ0v) is 20.5. The van der Waals surface area contributed by atoms with Gasteiger partial charge in [0.2, 0.25) is 0 Å². The first kappa shape index (κ1) is 25.3. The van der Waals surface area contributed by atoms with Crippen LogP contribution in [0.3, 0.4) is 0 Å². The first-order chi connectivity index (χ1) is 17.2. The molecule has 1 aliphatic heterocycles. The molecule has 9 nitrogen and oxygen atoms in total. The number of rotatable bonds is 10. The molecule has 0 fully saturated rings. The summed E-state index contributed by atoms with van der Waals surface area (Å²) in [7, 11) is -3.50. The monoisotopic (exact) mass is 528 g/mol. The summed E-state index contributed by atoms with van der Waals surface area (Å²) in [6.45, 7) is 0.0530. The van der Waals surface area contributed by atoms with Gasteiger partial charge in [-0.25, -0.2) is 8.42 Å². The lowest BCUT2D eigenvalue weighted by Crippen LogP contribution is -2.20. The molecule has 1 N–H and O–H groups in total. The maximum absolute atomic E-state index is 12.5. The summed E-state index contributed by atoms with van der Waals surface area (Å²) in [6.07, 6.45) is 0.876. The van der Waals surface area contributed by atoms with Crippen molar-refractivity contribution in [3.05, 3.63) is 98.1 Å². The maximum atomic E-state index is 12.5. The Hall–Kier alpha value is -3.76. The number of carbonyl (C=O) groups is 2. The molecule has 1 aliphatic rings. The average Bonchev–Trinajstić information content (AvgIpc) is 3.14. The van der Waals surface area contributed by atoms with E-state index in [0.717, 1.165) is 0 Å². The van der Waals surface area contributed by atoms with Crippen LogP contribution < -0.4 is 10.1 Å². The van der Waals surface area contributed by atoms with Crippen molar-refractivity contribution < 1.29 is 27.7 Å². The lowest BCUT2D eigenvalue weighted by molar-refractivity contribution is -0.385. The molecule has 11 heteroatoms. The van der Waals surface area contributed by atoms with Crippen molar-refractivity contribution in [1.29, 1.82) is 0 Å². The zero-order chi connectivity index (χ0) is 25.9. The number of benzene rings is 3. The number of sulfone groups is 1. The van der Waals surface area contributed by atoms with Crippen LogP contribution in [0.1, 0.15) is 38.3 Å². The molecule has 0 unspecified atom stereocenters. The van der Waals surface area contributed by atoms with E-state index in [1.165, 1.54) is 36.4 Å². The van der Waals surface area contributed by atoms with E-state index in [1.807, 2.05) is 0 Å². The van der Waals surface area contributed by atoms with Gasteiger partial charge in [-0.3, -0.25) is 25.0 Å². The third-order valence-corrected chi connectivity index (χ3v) is 7.82. The highest BCUT2D eigenvalue weighted by Gasteiger charge is 2.29. The number of imide groups is 1. The Morgan fingerprint density at radius 2 is 1.72 bits per heavy atom. The number of amides is 2. The van der Waals surface area contributed by atoms with Crippen LogP contribution in [0.15, 0.2) is 65.6 Å². The Labute approximate surface area is 212 Å². The standard InChI is InChI=1S/C25H21ClN2O7S/c26-18-7-9-19(10-8-18)36(33,34)14-2-3-16-6-11-22(21(15-16)28(31)32)35-13-12-17-4-1-5-20-23(17)25(30)27-24(20)29/h1,4-11,15H,2-3,12-14H2,(H,27,29,30). The number of nitro benzene ring substituents is 1. The van der Waals surface area contributed by atoms with Gasteiger partial charge in [-0.05, 0) is 60.4 Å². The molecule has 36 heavy (non-hydrogen) atoms. The van der Waals surface area contributed by atoms with Crippen molar-refractivity contribution in [2.24, 2.45) is 0 Å². The summed E-state index contributed by atoms with van der Waals surface area (Å²) in [4.78, 5) is 35.1. The van der Waals surface area contributed by atoms with E-state index in [4.69, 9.17) is 16.3 Å². The van der Waals surface area contributed by atoms with Gasteiger partial charge >= 0.3 is 5.69 Å². The fraction of sp³-hybridized carbons (Fsp3) is 0.200. The summed E-state index contributed by atoms with van der Waals surface area (Å²) in [5.41, 5.74) is 1.57. The average molecular weight is 529 g/mol. The first-order valence-electron chi connectivity index (χ1n) is 11.0. The van der Waals surface area contributed by atoms with Crippen molar-refractivity contribution >= 4 is 38.9 Å². The van der Waals surface area contributed by atoms with Gasteiger partial charge in [-0.2, -0.15) is 0 Å². The van der Waals surface area contributed by atoms with Crippen LogP contribution in [-0.2, 0) is 22.7 Å². The van der Waals surface area contributed by atoms with E-state index in [9.17, 15) is 28.1 Å². The molecule has 0 saturated carbocycles. The Kier molecular flexibility index (Phi) is 7.37. The van der Waals surface area contributed by atoms with Crippen LogP contribution in [0.5, 0.6) is 5.75 Å². The van der Waals surface area contributed by atoms with Gasteiger partial charge in [0, 0.05) is 17.5 Å². The Bertz CT molecular complexity index is 1450. The Balaban J connectivity index is 1.39. The summed E-state index contributed by atoms with van der Waals surface area (Å²) in [5, 5.41) is 14.3. The minimum Gasteiger partial charge on any atom is -0.486 e. The summed E-state index contributed by atoms with van der Waals surface area (Å²) in [5.74, 6) is -0.979. The quantitative estimate of drug-likeness (QED) is 0.237. The number of halogens is 1. The smallest absolute Gasteiger partial charge is 0.311 e. The molecule has 1 heterocycles. The number of hydrogen-bond acceptors (Lipinski definition) is 7. The Morgan fingerprint density at radius 1 is 0.972 bits per heavy atom. The number of fused-ring (bicyclic) bond motifs is 1. The van der Waals surface area contributed by atoms with Crippen LogP contribution >= 0.6 is 11.6 Å². The minimum absolute atomic E-state index is 0.0530. The molecule has 3 aromatic rings. The van der Waals surface area contributed by atoms with E-state index in [0.29, 0.717) is 33.7 Å². The molecule has 0 radical (unpaired) electrons. The van der Waals surface area contributed by atoms with E-state index >= 15 is 0 Å². The van der Waals surface area contributed by atoms with Crippen molar-refractivity contribution in [2.75, 3.05) is 12.4 Å². The van der Waals surface area contributed by atoms with Gasteiger partial charge in [0.15, 0.2) is 15.6 Å². The van der Waals surface area contributed by atoms with Gasteiger partial charge in [-0.1, -0.05) is 29.8 Å². The number of hydrogen-bond donors (Lipinski definition) is 1.